The molecule has 1 saturated heterocycles. The molecule has 2 aliphatic rings. The molecule has 3 heterocycles. The molecule has 2 aromatic carbocycles. The number of hydrogen-bond donors (Lipinski definition) is 0. The van der Waals surface area contributed by atoms with Crippen molar-refractivity contribution in [2.75, 3.05) is 44.7 Å². The minimum atomic E-state index is -0.344. The van der Waals surface area contributed by atoms with E-state index >= 15 is 0 Å². The van der Waals surface area contributed by atoms with Crippen molar-refractivity contribution in [1.29, 1.82) is 0 Å². The van der Waals surface area contributed by atoms with Gasteiger partial charge in [-0.25, -0.2) is 9.78 Å². The average molecular weight is 460 g/mol. The lowest BCUT2D eigenvalue weighted by Crippen LogP contribution is -2.45. The third-order valence-electron chi connectivity index (χ3n) is 6.22. The molecule has 1 fully saturated rings. The third kappa shape index (κ3) is 5.12. The first-order chi connectivity index (χ1) is 16.7. The number of carbonyl (C=O) groups is 1. The van der Waals surface area contributed by atoms with Gasteiger partial charge in [-0.2, -0.15) is 4.98 Å². The number of hydrogen-bond acceptors (Lipinski definition) is 7. The molecule has 0 saturated carbocycles. The van der Waals surface area contributed by atoms with Gasteiger partial charge in [-0.1, -0.05) is 48.5 Å². The van der Waals surface area contributed by atoms with E-state index in [2.05, 4.69) is 16.8 Å². The number of nitrogens with zero attached hydrogens (tertiary/aromatic N) is 5. The molecule has 0 bridgehead atoms. The summed E-state index contributed by atoms with van der Waals surface area (Å²) < 4.78 is 11.8. The van der Waals surface area contributed by atoms with Gasteiger partial charge in [0.1, 0.15) is 12.4 Å². The SMILES string of the molecule is CN1CCN(c2nc3c(c(Oc4ccccc4)n2)CN(C(=O)OCc2ccccc2)CC3)CC1. The van der Waals surface area contributed by atoms with E-state index in [-0.39, 0.29) is 12.7 Å². The quantitative estimate of drug-likeness (QED) is 0.576. The lowest BCUT2D eigenvalue weighted by Gasteiger charge is -2.34. The first-order valence-electron chi connectivity index (χ1n) is 11.7. The van der Waals surface area contributed by atoms with Gasteiger partial charge in [-0.15, -0.1) is 0 Å². The number of piperazine rings is 1. The molecule has 5 rings (SSSR count). The molecule has 0 unspecified atom stereocenters. The topological polar surface area (TPSA) is 71.0 Å². The molecular weight excluding hydrogens is 430 g/mol. The minimum Gasteiger partial charge on any atom is -0.445 e. The Bertz CT molecular complexity index is 1120. The van der Waals surface area contributed by atoms with Gasteiger partial charge < -0.3 is 24.2 Å². The van der Waals surface area contributed by atoms with Crippen molar-refractivity contribution in [3.63, 3.8) is 0 Å². The molecule has 0 aliphatic carbocycles. The van der Waals surface area contributed by atoms with Crippen molar-refractivity contribution in [3.05, 3.63) is 77.5 Å². The van der Waals surface area contributed by atoms with Gasteiger partial charge in [0.05, 0.1) is 17.8 Å². The summed E-state index contributed by atoms with van der Waals surface area (Å²) in [6.07, 6.45) is 0.285. The van der Waals surface area contributed by atoms with E-state index < -0.39 is 0 Å². The normalized spacial score (nSPS) is 16.1. The maximum Gasteiger partial charge on any atom is 0.410 e. The predicted octanol–water partition coefficient (Wildman–Crippen LogP) is 3.72. The molecule has 8 nitrogen and oxygen atoms in total. The zero-order chi connectivity index (χ0) is 23.3. The summed E-state index contributed by atoms with van der Waals surface area (Å²) >= 11 is 0. The van der Waals surface area contributed by atoms with Gasteiger partial charge in [-0.3, -0.25) is 0 Å². The second kappa shape index (κ2) is 10.1. The van der Waals surface area contributed by atoms with Crippen LogP contribution in [0.15, 0.2) is 60.7 Å². The highest BCUT2D eigenvalue weighted by atomic mass is 16.6. The van der Waals surface area contributed by atoms with E-state index in [9.17, 15) is 4.79 Å². The van der Waals surface area contributed by atoms with Crippen LogP contribution < -0.4 is 9.64 Å². The van der Waals surface area contributed by atoms with Crippen LogP contribution in [0, 0.1) is 0 Å². The summed E-state index contributed by atoms with van der Waals surface area (Å²) in [7, 11) is 2.13. The Kier molecular flexibility index (Phi) is 6.58. The summed E-state index contributed by atoms with van der Waals surface area (Å²) in [5.41, 5.74) is 2.73. The average Bonchev–Trinajstić information content (AvgIpc) is 2.88. The van der Waals surface area contributed by atoms with Crippen molar-refractivity contribution in [3.8, 4) is 11.6 Å². The number of rotatable bonds is 5. The van der Waals surface area contributed by atoms with Crippen LogP contribution in [0.2, 0.25) is 0 Å². The highest BCUT2D eigenvalue weighted by molar-refractivity contribution is 5.68. The standard InChI is InChI=1S/C26H29N5O3/c1-29-14-16-30(17-15-29)25-27-23-12-13-31(26(32)33-19-20-8-4-2-5-9-20)18-22(23)24(28-25)34-21-10-6-3-7-11-21/h2-11H,12-19H2,1H3. The van der Waals surface area contributed by atoms with Gasteiger partial charge in [0.15, 0.2) is 0 Å². The molecule has 2 aliphatic heterocycles. The molecule has 3 aromatic rings. The van der Waals surface area contributed by atoms with E-state index in [0.29, 0.717) is 37.1 Å². The Labute approximate surface area is 199 Å². The number of para-hydroxylation sites is 1. The van der Waals surface area contributed by atoms with Gasteiger partial charge in [0.2, 0.25) is 11.8 Å². The van der Waals surface area contributed by atoms with E-state index in [1.165, 1.54) is 0 Å². The van der Waals surface area contributed by atoms with E-state index in [1.54, 1.807) is 4.90 Å². The number of ether oxygens (including phenoxy) is 2. The summed E-state index contributed by atoms with van der Waals surface area (Å²) in [6.45, 7) is 4.83. The zero-order valence-corrected chi connectivity index (χ0v) is 19.4. The fraction of sp³-hybridized carbons (Fsp3) is 0.346. The van der Waals surface area contributed by atoms with Gasteiger partial charge >= 0.3 is 6.09 Å². The van der Waals surface area contributed by atoms with Crippen molar-refractivity contribution in [2.24, 2.45) is 0 Å². The Balaban J connectivity index is 1.37. The van der Waals surface area contributed by atoms with E-state index in [1.807, 2.05) is 60.7 Å². The first-order valence-corrected chi connectivity index (χ1v) is 11.7. The lowest BCUT2D eigenvalue weighted by atomic mass is 10.1. The molecule has 0 radical (unpaired) electrons. The molecule has 0 atom stereocenters. The Morgan fingerprint density at radius 3 is 2.35 bits per heavy atom. The van der Waals surface area contributed by atoms with Crippen molar-refractivity contribution >= 4 is 12.0 Å². The number of carbonyl (C=O) groups excluding carboxylic acids is 1. The Hall–Kier alpha value is -3.65. The van der Waals surface area contributed by atoms with Crippen LogP contribution in [0.5, 0.6) is 11.6 Å². The van der Waals surface area contributed by atoms with Gasteiger partial charge in [0.25, 0.3) is 0 Å². The maximum absolute atomic E-state index is 12.8. The second-order valence-electron chi connectivity index (χ2n) is 8.67. The van der Waals surface area contributed by atoms with Gasteiger partial charge in [0, 0.05) is 39.1 Å². The fourth-order valence-electron chi connectivity index (χ4n) is 4.17. The molecule has 8 heteroatoms. The molecule has 0 N–H and O–H groups in total. The first kappa shape index (κ1) is 22.2. The third-order valence-corrected chi connectivity index (χ3v) is 6.22. The van der Waals surface area contributed by atoms with Crippen molar-refractivity contribution < 1.29 is 14.3 Å². The summed E-state index contributed by atoms with van der Waals surface area (Å²) in [4.78, 5) is 28.7. The summed E-state index contributed by atoms with van der Waals surface area (Å²) in [6, 6.07) is 19.3. The summed E-state index contributed by atoms with van der Waals surface area (Å²) in [5.74, 6) is 1.90. The van der Waals surface area contributed by atoms with Crippen LogP contribution in [0.1, 0.15) is 16.8 Å². The highest BCUT2D eigenvalue weighted by Gasteiger charge is 2.29. The Morgan fingerprint density at radius 1 is 0.912 bits per heavy atom. The predicted molar refractivity (Wildman–Crippen MR) is 129 cm³/mol. The molecule has 1 aromatic heterocycles. The van der Waals surface area contributed by atoms with Crippen molar-refractivity contribution in [2.45, 2.75) is 19.6 Å². The largest absolute Gasteiger partial charge is 0.445 e. The molecule has 176 valence electrons. The minimum absolute atomic E-state index is 0.245. The number of likely N-dealkylation sites (N-methyl/N-ethyl adjacent to an activating group) is 1. The lowest BCUT2D eigenvalue weighted by molar-refractivity contribution is 0.0912. The summed E-state index contributed by atoms with van der Waals surface area (Å²) in [5, 5.41) is 0. The molecule has 1 amide bonds. The number of fused-ring (bicyclic) bond motifs is 1. The molecule has 34 heavy (non-hydrogen) atoms. The van der Waals surface area contributed by atoms with Gasteiger partial charge in [-0.05, 0) is 24.7 Å². The van der Waals surface area contributed by atoms with Crippen molar-refractivity contribution in [1.82, 2.24) is 19.8 Å². The van der Waals surface area contributed by atoms with Crippen LogP contribution >= 0.6 is 0 Å². The van der Waals surface area contributed by atoms with Crippen LogP contribution in [0.4, 0.5) is 10.7 Å². The smallest absolute Gasteiger partial charge is 0.410 e. The monoisotopic (exact) mass is 459 g/mol. The second-order valence-corrected chi connectivity index (χ2v) is 8.67. The maximum atomic E-state index is 12.8. The Morgan fingerprint density at radius 2 is 1.62 bits per heavy atom. The van der Waals surface area contributed by atoms with E-state index in [4.69, 9.17) is 19.4 Å². The van der Waals surface area contributed by atoms with Crippen LogP contribution in [-0.2, 0) is 24.3 Å². The number of amides is 1. The number of aromatic nitrogens is 2. The highest BCUT2D eigenvalue weighted by Crippen LogP contribution is 2.32. The van der Waals surface area contributed by atoms with Crippen LogP contribution in [0.3, 0.4) is 0 Å². The van der Waals surface area contributed by atoms with Crippen LogP contribution in [0.25, 0.3) is 0 Å². The zero-order valence-electron chi connectivity index (χ0n) is 19.4. The van der Waals surface area contributed by atoms with Crippen LogP contribution in [-0.4, -0.2) is 65.6 Å². The number of anilines is 1. The molecular formula is C26H29N5O3. The number of benzene rings is 2. The fourth-order valence-corrected chi connectivity index (χ4v) is 4.17. The molecule has 0 spiro atoms. The van der Waals surface area contributed by atoms with E-state index in [0.717, 1.165) is 43.0 Å².